The van der Waals surface area contributed by atoms with Crippen molar-refractivity contribution in [3.05, 3.63) is 15.9 Å². The first-order valence-corrected chi connectivity index (χ1v) is 7.07. The van der Waals surface area contributed by atoms with Crippen LogP contribution in [-0.4, -0.2) is 21.0 Å². The van der Waals surface area contributed by atoms with Gasteiger partial charge >= 0.3 is 0 Å². The highest BCUT2D eigenvalue weighted by Crippen LogP contribution is 2.27. The van der Waals surface area contributed by atoms with Crippen LogP contribution in [0.3, 0.4) is 0 Å². The van der Waals surface area contributed by atoms with Crippen molar-refractivity contribution in [3.8, 4) is 0 Å². The fourth-order valence-corrected chi connectivity index (χ4v) is 4.30. The van der Waals surface area contributed by atoms with E-state index in [1.54, 1.807) is 18.4 Å². The van der Waals surface area contributed by atoms with Crippen LogP contribution in [0.1, 0.15) is 6.92 Å². The second-order valence-corrected chi connectivity index (χ2v) is 6.62. The van der Waals surface area contributed by atoms with Crippen molar-refractivity contribution in [2.45, 2.75) is 17.2 Å². The van der Waals surface area contributed by atoms with E-state index < -0.39 is 10.0 Å². The zero-order valence-corrected chi connectivity index (χ0v) is 10.7. The average Bonchev–Trinajstić information content (AvgIpc) is 2.48. The molecule has 7 heteroatoms. The zero-order valence-electron chi connectivity index (χ0n) is 7.53. The van der Waals surface area contributed by atoms with Crippen LogP contribution in [0.2, 0.25) is 0 Å². The van der Waals surface area contributed by atoms with Crippen molar-refractivity contribution in [1.82, 2.24) is 4.72 Å². The molecule has 1 aromatic rings. The number of hydrogen-bond donors (Lipinski definition) is 2. The Balaban J connectivity index is 2.82. The van der Waals surface area contributed by atoms with Crippen molar-refractivity contribution in [3.63, 3.8) is 0 Å². The summed E-state index contributed by atoms with van der Waals surface area (Å²) in [4.78, 5) is 0. The van der Waals surface area contributed by atoms with E-state index in [2.05, 4.69) is 20.7 Å². The summed E-state index contributed by atoms with van der Waals surface area (Å²) in [7, 11) is -3.40. The summed E-state index contributed by atoms with van der Waals surface area (Å²) in [5.41, 5.74) is 5.46. The highest BCUT2D eigenvalue weighted by molar-refractivity contribution is 9.10. The smallest absolute Gasteiger partial charge is 0.251 e. The maximum atomic E-state index is 11.6. The first-order chi connectivity index (χ1) is 6.43. The molecular weight excluding hydrogens is 288 g/mol. The summed E-state index contributed by atoms with van der Waals surface area (Å²) in [6.45, 7) is 1.98. The van der Waals surface area contributed by atoms with Crippen LogP contribution >= 0.6 is 27.3 Å². The van der Waals surface area contributed by atoms with Crippen molar-refractivity contribution in [2.75, 3.05) is 6.54 Å². The molecule has 80 valence electrons. The Labute approximate surface area is 95.7 Å². The molecule has 0 aromatic carbocycles. The predicted molar refractivity (Wildman–Crippen MR) is 60.9 cm³/mol. The van der Waals surface area contributed by atoms with E-state index in [-0.39, 0.29) is 16.8 Å². The predicted octanol–water partition coefficient (Wildman–Crippen LogP) is 1.14. The standard InChI is InChI=1S/C7H11BrN2O2S2/c1-5(9)4-10-14(11,12)7-6(8)2-3-13-7/h2-3,5,10H,4,9H2,1H3. The van der Waals surface area contributed by atoms with E-state index in [9.17, 15) is 8.42 Å². The molecule has 1 atom stereocenters. The number of rotatable bonds is 4. The molecule has 0 aliphatic rings. The minimum absolute atomic E-state index is 0.191. The third kappa shape index (κ3) is 3.03. The first kappa shape index (κ1) is 12.1. The van der Waals surface area contributed by atoms with E-state index in [0.29, 0.717) is 4.47 Å². The van der Waals surface area contributed by atoms with Gasteiger partial charge in [-0.25, -0.2) is 13.1 Å². The lowest BCUT2D eigenvalue weighted by atomic mass is 10.4. The van der Waals surface area contributed by atoms with Crippen molar-refractivity contribution >= 4 is 37.3 Å². The van der Waals surface area contributed by atoms with Gasteiger partial charge in [0, 0.05) is 17.1 Å². The highest BCUT2D eigenvalue weighted by atomic mass is 79.9. The number of thiophene rings is 1. The molecular formula is C7H11BrN2O2S2. The van der Waals surface area contributed by atoms with Gasteiger partial charge in [-0.05, 0) is 34.3 Å². The third-order valence-corrected chi connectivity index (χ3v) is 5.52. The quantitative estimate of drug-likeness (QED) is 0.875. The number of sulfonamides is 1. The Morgan fingerprint density at radius 2 is 2.36 bits per heavy atom. The third-order valence-electron chi connectivity index (χ3n) is 1.42. The lowest BCUT2D eigenvalue weighted by molar-refractivity contribution is 0.575. The van der Waals surface area contributed by atoms with Crippen molar-refractivity contribution in [1.29, 1.82) is 0 Å². The van der Waals surface area contributed by atoms with Crippen molar-refractivity contribution in [2.24, 2.45) is 5.73 Å². The number of nitrogens with one attached hydrogen (secondary N) is 1. The summed E-state index contributed by atoms with van der Waals surface area (Å²) < 4.78 is 26.6. The van der Waals surface area contributed by atoms with Gasteiger partial charge in [-0.1, -0.05) is 0 Å². The molecule has 1 unspecified atom stereocenters. The molecule has 4 nitrogen and oxygen atoms in total. The molecule has 3 N–H and O–H groups in total. The van der Waals surface area contributed by atoms with Gasteiger partial charge in [-0.15, -0.1) is 11.3 Å². The van der Waals surface area contributed by atoms with Gasteiger partial charge in [-0.2, -0.15) is 0 Å². The number of hydrogen-bond acceptors (Lipinski definition) is 4. The maximum absolute atomic E-state index is 11.6. The fraction of sp³-hybridized carbons (Fsp3) is 0.429. The van der Waals surface area contributed by atoms with Crippen LogP contribution in [-0.2, 0) is 10.0 Å². The monoisotopic (exact) mass is 298 g/mol. The minimum Gasteiger partial charge on any atom is -0.327 e. The molecule has 14 heavy (non-hydrogen) atoms. The summed E-state index contributed by atoms with van der Waals surface area (Å²) in [5.74, 6) is 0. The second kappa shape index (κ2) is 4.71. The lowest BCUT2D eigenvalue weighted by Crippen LogP contribution is -2.34. The Morgan fingerprint density at radius 1 is 1.71 bits per heavy atom. The molecule has 0 aliphatic carbocycles. The molecule has 0 radical (unpaired) electrons. The fourth-order valence-electron chi connectivity index (χ4n) is 0.778. The largest absolute Gasteiger partial charge is 0.327 e. The number of halogens is 1. The zero-order chi connectivity index (χ0) is 10.8. The average molecular weight is 299 g/mol. The van der Waals surface area contributed by atoms with E-state index in [0.717, 1.165) is 0 Å². The summed E-state index contributed by atoms with van der Waals surface area (Å²) >= 11 is 4.34. The molecule has 0 saturated carbocycles. The molecule has 0 saturated heterocycles. The van der Waals surface area contributed by atoms with E-state index in [1.165, 1.54) is 11.3 Å². The van der Waals surface area contributed by atoms with Crippen LogP contribution in [0.4, 0.5) is 0 Å². The SMILES string of the molecule is CC(N)CNS(=O)(=O)c1sccc1Br. The van der Waals surface area contributed by atoms with Gasteiger partial charge in [0.1, 0.15) is 4.21 Å². The van der Waals surface area contributed by atoms with E-state index in [1.807, 2.05) is 0 Å². The van der Waals surface area contributed by atoms with Gasteiger partial charge in [-0.3, -0.25) is 0 Å². The topological polar surface area (TPSA) is 72.2 Å². The molecule has 1 aromatic heterocycles. The highest BCUT2D eigenvalue weighted by Gasteiger charge is 2.18. The normalized spacial score (nSPS) is 14.2. The van der Waals surface area contributed by atoms with Crippen LogP contribution in [0.15, 0.2) is 20.1 Å². The maximum Gasteiger partial charge on any atom is 0.251 e. The Hall–Kier alpha value is 0.0500. The Kier molecular flexibility index (Phi) is 4.08. The summed E-state index contributed by atoms with van der Waals surface area (Å²) in [6.07, 6.45) is 0. The Morgan fingerprint density at radius 3 is 2.79 bits per heavy atom. The van der Waals surface area contributed by atoms with Crippen LogP contribution < -0.4 is 10.5 Å². The van der Waals surface area contributed by atoms with E-state index in [4.69, 9.17) is 5.73 Å². The first-order valence-electron chi connectivity index (χ1n) is 3.91. The van der Waals surface area contributed by atoms with Gasteiger partial charge in [0.2, 0.25) is 0 Å². The lowest BCUT2D eigenvalue weighted by Gasteiger charge is -2.07. The van der Waals surface area contributed by atoms with Gasteiger partial charge in [0.05, 0.1) is 0 Å². The summed E-state index contributed by atoms with van der Waals surface area (Å²) in [5, 5.41) is 1.71. The summed E-state index contributed by atoms with van der Waals surface area (Å²) in [6, 6.07) is 1.51. The minimum atomic E-state index is -3.40. The van der Waals surface area contributed by atoms with Crippen LogP contribution in [0, 0.1) is 0 Å². The second-order valence-electron chi connectivity index (χ2n) is 2.89. The van der Waals surface area contributed by atoms with Gasteiger partial charge in [0.15, 0.2) is 0 Å². The van der Waals surface area contributed by atoms with Crippen LogP contribution in [0.25, 0.3) is 0 Å². The molecule has 0 fully saturated rings. The van der Waals surface area contributed by atoms with E-state index >= 15 is 0 Å². The molecule has 0 amide bonds. The number of nitrogens with two attached hydrogens (primary N) is 1. The molecule has 1 heterocycles. The van der Waals surface area contributed by atoms with Gasteiger partial charge in [0.25, 0.3) is 10.0 Å². The Bertz CT molecular complexity index is 400. The molecule has 0 bridgehead atoms. The van der Waals surface area contributed by atoms with Crippen molar-refractivity contribution < 1.29 is 8.42 Å². The molecule has 1 rings (SSSR count). The van der Waals surface area contributed by atoms with Gasteiger partial charge < -0.3 is 5.73 Å². The van der Waals surface area contributed by atoms with Crippen LogP contribution in [0.5, 0.6) is 0 Å². The molecule has 0 spiro atoms. The molecule has 0 aliphatic heterocycles.